The lowest BCUT2D eigenvalue weighted by Gasteiger charge is -2.36. The monoisotopic (exact) mass is 556 g/mol. The summed E-state index contributed by atoms with van der Waals surface area (Å²) in [5, 5.41) is 6.29. The van der Waals surface area contributed by atoms with Crippen LogP contribution < -0.4 is 20.3 Å². The molecule has 2 N–H and O–H groups in total. The molecule has 0 aliphatic carbocycles. The summed E-state index contributed by atoms with van der Waals surface area (Å²) >= 11 is 17.5. The lowest BCUT2D eigenvalue weighted by molar-refractivity contribution is 0.0746. The fourth-order valence-corrected chi connectivity index (χ4v) is 4.85. The highest BCUT2D eigenvalue weighted by Gasteiger charge is 2.22. The highest BCUT2D eigenvalue weighted by Crippen LogP contribution is 2.32. The van der Waals surface area contributed by atoms with Gasteiger partial charge >= 0.3 is 0 Å². The van der Waals surface area contributed by atoms with Gasteiger partial charge in [-0.1, -0.05) is 40.9 Å². The van der Waals surface area contributed by atoms with Crippen molar-refractivity contribution in [3.8, 4) is 5.75 Å². The minimum Gasteiger partial charge on any atom is -0.494 e. The van der Waals surface area contributed by atoms with Crippen molar-refractivity contribution in [3.63, 3.8) is 0 Å². The van der Waals surface area contributed by atoms with Crippen molar-refractivity contribution in [2.75, 3.05) is 43.5 Å². The first kappa shape index (κ1) is 26.7. The lowest BCUT2D eigenvalue weighted by Crippen LogP contribution is -2.48. The van der Waals surface area contributed by atoms with Crippen molar-refractivity contribution >= 4 is 63.7 Å². The zero-order valence-corrected chi connectivity index (χ0v) is 22.7. The summed E-state index contributed by atoms with van der Waals surface area (Å²) in [7, 11) is 1.42. The van der Waals surface area contributed by atoms with Crippen LogP contribution >= 0.6 is 35.4 Å². The molecule has 1 saturated heterocycles. The molecule has 7 nitrogen and oxygen atoms in total. The Morgan fingerprint density at radius 1 is 0.946 bits per heavy atom. The second-order valence-electron chi connectivity index (χ2n) is 8.57. The molecule has 0 unspecified atom stereocenters. The lowest BCUT2D eigenvalue weighted by atomic mass is 10.1. The zero-order valence-electron chi connectivity index (χ0n) is 20.4. The molecule has 0 radical (unpaired) electrons. The second kappa shape index (κ2) is 11.8. The molecule has 1 heterocycles. The van der Waals surface area contributed by atoms with Crippen molar-refractivity contribution in [3.05, 3.63) is 87.4 Å². The number of hydrogen-bond donors (Lipinski definition) is 2. The Kier molecular flexibility index (Phi) is 8.53. The molecule has 0 saturated carbocycles. The largest absolute Gasteiger partial charge is 0.494 e. The number of carbonyl (C=O) groups excluding carboxylic acids is 2. The molecule has 0 atom stereocenters. The van der Waals surface area contributed by atoms with E-state index in [1.165, 1.54) is 19.2 Å². The Morgan fingerprint density at radius 3 is 2.22 bits per heavy atom. The van der Waals surface area contributed by atoms with Gasteiger partial charge in [-0.2, -0.15) is 0 Å². The number of amides is 2. The average molecular weight is 558 g/mol. The Balaban J connectivity index is 1.31. The summed E-state index contributed by atoms with van der Waals surface area (Å²) in [5.74, 6) is -0.211. The number of methoxy groups -OCH3 is 1. The molecule has 0 aromatic heterocycles. The van der Waals surface area contributed by atoms with E-state index in [1.54, 1.807) is 0 Å². The first-order chi connectivity index (χ1) is 17.7. The number of halogens is 2. The predicted molar refractivity (Wildman–Crippen MR) is 152 cm³/mol. The summed E-state index contributed by atoms with van der Waals surface area (Å²) in [6, 6.07) is 18.4. The van der Waals surface area contributed by atoms with Gasteiger partial charge < -0.3 is 19.9 Å². The highest BCUT2D eigenvalue weighted by molar-refractivity contribution is 7.80. The van der Waals surface area contributed by atoms with E-state index in [1.807, 2.05) is 60.4 Å². The molecule has 0 bridgehead atoms. The van der Waals surface area contributed by atoms with Crippen molar-refractivity contribution < 1.29 is 14.3 Å². The van der Waals surface area contributed by atoms with E-state index < -0.39 is 5.91 Å². The molecular formula is C27H26Cl2N4O3S. The Bertz CT molecular complexity index is 1310. The number of aryl methyl sites for hydroxylation is 1. The minimum atomic E-state index is -0.492. The number of hydrogen-bond acceptors (Lipinski definition) is 5. The molecule has 2 amide bonds. The van der Waals surface area contributed by atoms with Crippen molar-refractivity contribution in [1.82, 2.24) is 10.2 Å². The standard InChI is InChI=1S/C27H26Cl2N4O3S/c1-17-3-5-18(6-4-17)26(35)33-13-11-32(12-14-33)21-9-7-20(8-10-21)30-27(37)31-25(34)22-15-19(28)16-23(29)24(22)36-2/h3-10,15-16H,11-14H2,1-2H3,(H2,30,31,34,37). The Morgan fingerprint density at radius 2 is 1.59 bits per heavy atom. The van der Waals surface area contributed by atoms with Gasteiger partial charge in [-0.15, -0.1) is 0 Å². The normalized spacial score (nSPS) is 13.2. The number of thiocarbonyl (C=S) groups is 1. The molecule has 4 rings (SSSR count). The first-order valence-corrected chi connectivity index (χ1v) is 12.8. The van der Waals surface area contributed by atoms with Gasteiger partial charge in [-0.05, 0) is 67.7 Å². The topological polar surface area (TPSA) is 73.9 Å². The van der Waals surface area contributed by atoms with Gasteiger partial charge in [0.2, 0.25) is 0 Å². The van der Waals surface area contributed by atoms with Gasteiger partial charge in [-0.25, -0.2) is 0 Å². The van der Waals surface area contributed by atoms with Crippen LogP contribution in [0.3, 0.4) is 0 Å². The SMILES string of the molecule is COc1c(Cl)cc(Cl)cc1C(=O)NC(=S)Nc1ccc(N2CCN(C(=O)c3ccc(C)cc3)CC2)cc1. The molecule has 1 aliphatic rings. The van der Waals surface area contributed by atoms with E-state index in [2.05, 4.69) is 15.5 Å². The minimum absolute atomic E-state index is 0.0624. The first-order valence-electron chi connectivity index (χ1n) is 11.6. The third kappa shape index (κ3) is 6.52. The maximum Gasteiger partial charge on any atom is 0.261 e. The molecule has 1 aliphatic heterocycles. The van der Waals surface area contributed by atoms with E-state index in [9.17, 15) is 9.59 Å². The van der Waals surface area contributed by atoms with Crippen LogP contribution in [0.2, 0.25) is 10.0 Å². The quantitative estimate of drug-likeness (QED) is 0.410. The molecule has 10 heteroatoms. The number of ether oxygens (including phenoxy) is 1. The summed E-state index contributed by atoms with van der Waals surface area (Å²) in [6.45, 7) is 4.79. The van der Waals surface area contributed by atoms with Crippen LogP contribution in [0.25, 0.3) is 0 Å². The predicted octanol–water partition coefficient (Wildman–Crippen LogP) is 5.40. The number of piperazine rings is 1. The smallest absolute Gasteiger partial charge is 0.261 e. The molecule has 192 valence electrons. The van der Waals surface area contributed by atoms with E-state index >= 15 is 0 Å². The van der Waals surface area contributed by atoms with Gasteiger partial charge in [0.25, 0.3) is 11.8 Å². The van der Waals surface area contributed by atoms with Crippen molar-refractivity contribution in [1.29, 1.82) is 0 Å². The third-order valence-electron chi connectivity index (χ3n) is 6.04. The van der Waals surface area contributed by atoms with E-state index in [4.69, 9.17) is 40.2 Å². The van der Waals surface area contributed by atoms with E-state index in [-0.39, 0.29) is 27.4 Å². The summed E-state index contributed by atoms with van der Waals surface area (Å²) < 4.78 is 5.23. The van der Waals surface area contributed by atoms with Crippen molar-refractivity contribution in [2.45, 2.75) is 6.92 Å². The van der Waals surface area contributed by atoms with E-state index in [0.29, 0.717) is 18.1 Å². The van der Waals surface area contributed by atoms with Gasteiger partial charge in [0, 0.05) is 48.1 Å². The van der Waals surface area contributed by atoms with Gasteiger partial charge in [0.05, 0.1) is 17.7 Å². The van der Waals surface area contributed by atoms with Crippen LogP contribution in [-0.4, -0.2) is 55.1 Å². The number of benzene rings is 3. The fraction of sp³-hybridized carbons (Fsp3) is 0.222. The summed E-state index contributed by atoms with van der Waals surface area (Å²) in [5.41, 5.74) is 3.79. The van der Waals surface area contributed by atoms with E-state index in [0.717, 1.165) is 35.6 Å². The molecule has 37 heavy (non-hydrogen) atoms. The van der Waals surface area contributed by atoms with Crippen LogP contribution in [0.1, 0.15) is 26.3 Å². The molecule has 3 aromatic rings. The maximum absolute atomic E-state index is 12.8. The number of rotatable bonds is 5. The van der Waals surface area contributed by atoms with Gasteiger partial charge in [-0.3, -0.25) is 14.9 Å². The number of carbonyl (C=O) groups is 2. The zero-order chi connectivity index (χ0) is 26.5. The second-order valence-corrected chi connectivity index (χ2v) is 9.82. The molecule has 1 fully saturated rings. The number of nitrogens with one attached hydrogen (secondary N) is 2. The van der Waals surface area contributed by atoms with Crippen LogP contribution in [0.5, 0.6) is 5.75 Å². The van der Waals surface area contributed by atoms with Crippen LogP contribution in [0.15, 0.2) is 60.7 Å². The Labute approximate surface area is 231 Å². The maximum atomic E-state index is 12.8. The van der Waals surface area contributed by atoms with Gasteiger partial charge in [0.1, 0.15) is 5.75 Å². The highest BCUT2D eigenvalue weighted by atomic mass is 35.5. The van der Waals surface area contributed by atoms with Crippen molar-refractivity contribution in [2.24, 2.45) is 0 Å². The fourth-order valence-electron chi connectivity index (χ4n) is 4.07. The van der Waals surface area contributed by atoms with Crippen LogP contribution in [-0.2, 0) is 0 Å². The van der Waals surface area contributed by atoms with Crippen LogP contribution in [0.4, 0.5) is 11.4 Å². The molecule has 0 spiro atoms. The number of anilines is 2. The molecular weight excluding hydrogens is 531 g/mol. The average Bonchev–Trinajstić information content (AvgIpc) is 2.89. The summed E-state index contributed by atoms with van der Waals surface area (Å²) in [4.78, 5) is 29.6. The van der Waals surface area contributed by atoms with Gasteiger partial charge in [0.15, 0.2) is 5.11 Å². The molecule has 3 aromatic carbocycles. The number of nitrogens with zero attached hydrogens (tertiary/aromatic N) is 2. The summed E-state index contributed by atoms with van der Waals surface area (Å²) in [6.07, 6.45) is 0. The Hall–Kier alpha value is -3.33. The van der Waals surface area contributed by atoms with Crippen LogP contribution in [0, 0.1) is 6.92 Å². The third-order valence-corrected chi connectivity index (χ3v) is 6.74.